The summed E-state index contributed by atoms with van der Waals surface area (Å²) in [6.45, 7) is 6.27. The summed E-state index contributed by atoms with van der Waals surface area (Å²) in [5.74, 6) is 0. The highest BCUT2D eigenvalue weighted by molar-refractivity contribution is 6.32. The fourth-order valence-corrected chi connectivity index (χ4v) is 4.01. The normalized spacial score (nSPS) is 15.5. The summed E-state index contributed by atoms with van der Waals surface area (Å²) in [4.78, 5) is 15.2. The van der Waals surface area contributed by atoms with Crippen molar-refractivity contribution in [1.29, 1.82) is 0 Å². The van der Waals surface area contributed by atoms with Crippen LogP contribution in [-0.4, -0.2) is 47.5 Å². The molecule has 4 rings (SSSR count). The molecule has 7 heteroatoms. The number of morpholine rings is 1. The molecule has 0 radical (unpaired) electrons. The van der Waals surface area contributed by atoms with E-state index in [9.17, 15) is 4.79 Å². The van der Waals surface area contributed by atoms with E-state index in [2.05, 4.69) is 46.5 Å². The summed E-state index contributed by atoms with van der Waals surface area (Å²) in [5, 5.41) is 7.86. The first-order valence-corrected chi connectivity index (χ1v) is 10.9. The van der Waals surface area contributed by atoms with Crippen LogP contribution >= 0.6 is 11.6 Å². The van der Waals surface area contributed by atoms with Gasteiger partial charge in [0.1, 0.15) is 5.02 Å². The van der Waals surface area contributed by atoms with E-state index in [1.165, 1.54) is 15.8 Å². The highest BCUT2D eigenvalue weighted by Gasteiger charge is 2.23. The molecule has 1 aliphatic heterocycles. The van der Waals surface area contributed by atoms with Crippen LogP contribution in [0.1, 0.15) is 22.7 Å². The van der Waals surface area contributed by atoms with Crippen molar-refractivity contribution in [3.63, 3.8) is 0 Å². The van der Waals surface area contributed by atoms with Gasteiger partial charge in [0.05, 0.1) is 37.7 Å². The molecule has 1 aromatic heterocycles. The molecular formula is C24H27ClN4O2. The van der Waals surface area contributed by atoms with Gasteiger partial charge in [0.25, 0.3) is 5.56 Å². The van der Waals surface area contributed by atoms with E-state index in [1.54, 1.807) is 6.20 Å². The van der Waals surface area contributed by atoms with Crippen LogP contribution in [0.3, 0.4) is 0 Å². The second-order valence-electron chi connectivity index (χ2n) is 7.78. The van der Waals surface area contributed by atoms with Crippen molar-refractivity contribution < 1.29 is 4.74 Å². The number of nitrogens with zero attached hydrogens (tertiary/aromatic N) is 3. The molecule has 0 aliphatic carbocycles. The maximum atomic E-state index is 12.7. The molecule has 3 aromatic rings. The number of aryl methyl sites for hydroxylation is 1. The van der Waals surface area contributed by atoms with E-state index in [0.717, 1.165) is 31.9 Å². The molecule has 0 saturated carbocycles. The van der Waals surface area contributed by atoms with Crippen molar-refractivity contribution >= 4 is 17.3 Å². The summed E-state index contributed by atoms with van der Waals surface area (Å²) in [5.41, 5.74) is 3.71. The summed E-state index contributed by atoms with van der Waals surface area (Å²) in [6.07, 6.45) is 1.64. The van der Waals surface area contributed by atoms with Crippen LogP contribution in [0.2, 0.25) is 5.02 Å². The first-order chi connectivity index (χ1) is 15.1. The summed E-state index contributed by atoms with van der Waals surface area (Å²) in [7, 11) is 0. The molecule has 0 spiro atoms. The van der Waals surface area contributed by atoms with Crippen molar-refractivity contribution in [1.82, 2.24) is 14.7 Å². The summed E-state index contributed by atoms with van der Waals surface area (Å²) < 4.78 is 6.92. The van der Waals surface area contributed by atoms with Crippen LogP contribution in [0.5, 0.6) is 0 Å². The van der Waals surface area contributed by atoms with Crippen LogP contribution in [0.4, 0.5) is 5.69 Å². The molecule has 1 atom stereocenters. The third-order valence-corrected chi connectivity index (χ3v) is 5.96. The molecule has 1 aliphatic rings. The molecule has 162 valence electrons. The van der Waals surface area contributed by atoms with Crippen molar-refractivity contribution in [2.24, 2.45) is 0 Å². The van der Waals surface area contributed by atoms with Gasteiger partial charge in [-0.3, -0.25) is 9.69 Å². The van der Waals surface area contributed by atoms with Gasteiger partial charge in [0, 0.05) is 19.6 Å². The van der Waals surface area contributed by atoms with Gasteiger partial charge in [-0.05, 0) is 18.1 Å². The molecule has 1 saturated heterocycles. The topological polar surface area (TPSA) is 59.4 Å². The molecule has 6 nitrogen and oxygen atoms in total. The summed E-state index contributed by atoms with van der Waals surface area (Å²) in [6, 6.07) is 18.5. The van der Waals surface area contributed by atoms with Gasteiger partial charge in [-0.15, -0.1) is 0 Å². The van der Waals surface area contributed by atoms with Crippen LogP contribution < -0.4 is 10.9 Å². The SMILES string of the molecule is Cc1ccc(C(CNc2cnn(Cc3ccccc3)c(=O)c2Cl)N2CCOCC2)cc1. The zero-order valence-corrected chi connectivity index (χ0v) is 18.4. The van der Waals surface area contributed by atoms with Crippen LogP contribution in [0.25, 0.3) is 0 Å². The van der Waals surface area contributed by atoms with Gasteiger partial charge in [-0.1, -0.05) is 71.8 Å². The van der Waals surface area contributed by atoms with Crippen molar-refractivity contribution in [2.45, 2.75) is 19.5 Å². The Morgan fingerprint density at radius 1 is 1.10 bits per heavy atom. The molecular weight excluding hydrogens is 412 g/mol. The Kier molecular flexibility index (Phi) is 7.02. The average Bonchev–Trinajstić information content (AvgIpc) is 2.81. The van der Waals surface area contributed by atoms with Gasteiger partial charge in [-0.2, -0.15) is 5.10 Å². The fraction of sp³-hybridized carbons (Fsp3) is 0.333. The lowest BCUT2D eigenvalue weighted by atomic mass is 10.0. The van der Waals surface area contributed by atoms with E-state index in [4.69, 9.17) is 16.3 Å². The zero-order chi connectivity index (χ0) is 21.6. The van der Waals surface area contributed by atoms with Crippen LogP contribution in [0, 0.1) is 6.92 Å². The molecule has 1 N–H and O–H groups in total. The fourth-order valence-electron chi connectivity index (χ4n) is 3.80. The minimum atomic E-state index is -0.297. The molecule has 31 heavy (non-hydrogen) atoms. The third kappa shape index (κ3) is 5.34. The van der Waals surface area contributed by atoms with E-state index >= 15 is 0 Å². The quantitative estimate of drug-likeness (QED) is 0.609. The van der Waals surface area contributed by atoms with Gasteiger partial charge < -0.3 is 10.1 Å². The maximum absolute atomic E-state index is 12.7. The van der Waals surface area contributed by atoms with Gasteiger partial charge in [0.15, 0.2) is 0 Å². The Morgan fingerprint density at radius 2 is 1.81 bits per heavy atom. The number of hydrogen-bond acceptors (Lipinski definition) is 5. The highest BCUT2D eigenvalue weighted by atomic mass is 35.5. The Labute approximate surface area is 187 Å². The van der Waals surface area contributed by atoms with Gasteiger partial charge in [0.2, 0.25) is 0 Å². The van der Waals surface area contributed by atoms with Crippen LogP contribution in [0.15, 0.2) is 65.6 Å². The molecule has 1 unspecified atom stereocenters. The second kappa shape index (κ2) is 10.1. The van der Waals surface area contributed by atoms with Gasteiger partial charge >= 0.3 is 0 Å². The average molecular weight is 439 g/mol. The smallest absolute Gasteiger partial charge is 0.287 e. The Balaban J connectivity index is 1.51. The van der Waals surface area contributed by atoms with E-state index in [1.807, 2.05) is 30.3 Å². The number of ether oxygens (including phenoxy) is 1. The predicted molar refractivity (Wildman–Crippen MR) is 124 cm³/mol. The van der Waals surface area contributed by atoms with Crippen molar-refractivity contribution in [3.05, 3.63) is 92.9 Å². The minimum Gasteiger partial charge on any atom is -0.380 e. The molecule has 1 fully saturated rings. The predicted octanol–water partition coefficient (Wildman–Crippen LogP) is 3.74. The molecule has 2 heterocycles. The lowest BCUT2D eigenvalue weighted by Gasteiger charge is -2.35. The number of anilines is 1. The lowest BCUT2D eigenvalue weighted by molar-refractivity contribution is 0.0187. The van der Waals surface area contributed by atoms with Crippen molar-refractivity contribution in [3.8, 4) is 0 Å². The Bertz CT molecular complexity index is 1050. The number of benzene rings is 2. The number of hydrogen-bond donors (Lipinski definition) is 1. The number of halogens is 1. The van der Waals surface area contributed by atoms with E-state index in [-0.39, 0.29) is 16.6 Å². The van der Waals surface area contributed by atoms with Crippen LogP contribution in [-0.2, 0) is 11.3 Å². The van der Waals surface area contributed by atoms with Crippen molar-refractivity contribution in [2.75, 3.05) is 38.2 Å². The Hall–Kier alpha value is -2.67. The third-order valence-electron chi connectivity index (χ3n) is 5.59. The lowest BCUT2D eigenvalue weighted by Crippen LogP contribution is -2.41. The molecule has 0 amide bonds. The monoisotopic (exact) mass is 438 g/mol. The number of aromatic nitrogens is 2. The first kappa shape index (κ1) is 21.6. The standard InChI is InChI=1S/C24H27ClN4O2/c1-18-7-9-20(10-8-18)22(28-11-13-31-14-12-28)16-26-21-15-27-29(24(30)23(21)25)17-19-5-3-2-4-6-19/h2-10,15,22,26H,11-14,16-17H2,1H3. The summed E-state index contributed by atoms with van der Waals surface area (Å²) >= 11 is 6.43. The largest absolute Gasteiger partial charge is 0.380 e. The first-order valence-electron chi connectivity index (χ1n) is 10.5. The Morgan fingerprint density at radius 3 is 2.52 bits per heavy atom. The second-order valence-corrected chi connectivity index (χ2v) is 8.15. The highest BCUT2D eigenvalue weighted by Crippen LogP contribution is 2.24. The van der Waals surface area contributed by atoms with Gasteiger partial charge in [-0.25, -0.2) is 4.68 Å². The zero-order valence-electron chi connectivity index (χ0n) is 17.6. The van der Waals surface area contributed by atoms with E-state index in [0.29, 0.717) is 18.8 Å². The molecule has 0 bridgehead atoms. The maximum Gasteiger partial charge on any atom is 0.287 e. The van der Waals surface area contributed by atoms with E-state index < -0.39 is 0 Å². The molecule has 2 aromatic carbocycles. The number of rotatable bonds is 7. The minimum absolute atomic E-state index is 0.146. The number of nitrogens with one attached hydrogen (secondary N) is 1.